The Balaban J connectivity index is 2.04. The molecule has 2 rings (SSSR count). The van der Waals surface area contributed by atoms with Gasteiger partial charge >= 0.3 is 11.9 Å². The molecule has 2 saturated carbocycles. The van der Waals surface area contributed by atoms with E-state index < -0.39 is 5.54 Å². The Morgan fingerprint density at radius 2 is 1.94 bits per heavy atom. The minimum atomic E-state index is -0.974. The van der Waals surface area contributed by atoms with Gasteiger partial charge in [0.1, 0.15) is 5.54 Å². The Morgan fingerprint density at radius 3 is 2.53 bits per heavy atom. The number of ether oxygens (including phenoxy) is 2. The van der Waals surface area contributed by atoms with Crippen LogP contribution in [0.1, 0.15) is 26.7 Å². The van der Waals surface area contributed by atoms with Crippen LogP contribution in [0, 0.1) is 17.8 Å². The molecule has 0 spiro atoms. The number of rotatable bonds is 4. The van der Waals surface area contributed by atoms with E-state index in [-0.39, 0.29) is 29.7 Å². The molecule has 2 N–H and O–H groups in total. The van der Waals surface area contributed by atoms with Crippen LogP contribution < -0.4 is 5.73 Å². The molecule has 0 unspecified atom stereocenters. The maximum Gasteiger partial charge on any atom is 0.326 e. The molecule has 96 valence electrons. The first-order valence-electron chi connectivity index (χ1n) is 6.19. The van der Waals surface area contributed by atoms with Gasteiger partial charge in [-0.15, -0.1) is 0 Å². The molecule has 2 aliphatic rings. The summed E-state index contributed by atoms with van der Waals surface area (Å²) in [5, 5.41) is 0. The molecule has 0 amide bonds. The summed E-state index contributed by atoms with van der Waals surface area (Å²) in [6.45, 7) is 4.21. The number of fused-ring (bicyclic) bond motifs is 1. The van der Waals surface area contributed by atoms with Gasteiger partial charge in [-0.2, -0.15) is 0 Å². The van der Waals surface area contributed by atoms with E-state index in [1.54, 1.807) is 13.8 Å². The highest BCUT2D eigenvalue weighted by atomic mass is 16.5. The van der Waals surface area contributed by atoms with Crippen LogP contribution in [-0.4, -0.2) is 30.7 Å². The minimum Gasteiger partial charge on any atom is -0.466 e. The summed E-state index contributed by atoms with van der Waals surface area (Å²) in [6.07, 6.45) is 1.42. The molecule has 0 bridgehead atoms. The van der Waals surface area contributed by atoms with Gasteiger partial charge in [0.15, 0.2) is 0 Å². The molecule has 2 aliphatic carbocycles. The molecular weight excluding hydrogens is 222 g/mol. The molecular formula is C12H19NO4. The van der Waals surface area contributed by atoms with Crippen LogP contribution in [-0.2, 0) is 19.1 Å². The van der Waals surface area contributed by atoms with Crippen LogP contribution in [0.25, 0.3) is 0 Å². The monoisotopic (exact) mass is 241 g/mol. The lowest BCUT2D eigenvalue weighted by molar-refractivity contribution is -0.151. The fourth-order valence-corrected chi connectivity index (χ4v) is 3.07. The van der Waals surface area contributed by atoms with Crippen molar-refractivity contribution in [1.29, 1.82) is 0 Å². The van der Waals surface area contributed by atoms with E-state index in [0.717, 1.165) is 6.42 Å². The van der Waals surface area contributed by atoms with E-state index in [9.17, 15) is 9.59 Å². The summed E-state index contributed by atoms with van der Waals surface area (Å²) >= 11 is 0. The number of hydrogen-bond acceptors (Lipinski definition) is 5. The Bertz CT molecular complexity index is 343. The molecule has 17 heavy (non-hydrogen) atoms. The van der Waals surface area contributed by atoms with Crippen molar-refractivity contribution in [3.8, 4) is 0 Å². The van der Waals surface area contributed by atoms with Crippen LogP contribution in [0.2, 0.25) is 0 Å². The fraction of sp³-hybridized carbons (Fsp3) is 0.833. The highest BCUT2D eigenvalue weighted by Crippen LogP contribution is 2.62. The number of carbonyl (C=O) groups is 2. The molecule has 0 aromatic heterocycles. The van der Waals surface area contributed by atoms with Gasteiger partial charge in [-0.3, -0.25) is 9.59 Å². The summed E-state index contributed by atoms with van der Waals surface area (Å²) in [4.78, 5) is 23.5. The maximum atomic E-state index is 11.8. The Hall–Kier alpha value is -1.10. The first-order chi connectivity index (χ1) is 8.06. The second-order valence-corrected chi connectivity index (χ2v) is 4.77. The zero-order valence-electron chi connectivity index (χ0n) is 10.3. The normalized spacial score (nSPS) is 38.4. The van der Waals surface area contributed by atoms with Crippen molar-refractivity contribution < 1.29 is 19.1 Å². The van der Waals surface area contributed by atoms with Crippen LogP contribution in [0.15, 0.2) is 0 Å². The van der Waals surface area contributed by atoms with E-state index in [4.69, 9.17) is 15.2 Å². The van der Waals surface area contributed by atoms with E-state index >= 15 is 0 Å². The van der Waals surface area contributed by atoms with Gasteiger partial charge in [-0.1, -0.05) is 0 Å². The van der Waals surface area contributed by atoms with Crippen molar-refractivity contribution in [2.75, 3.05) is 13.2 Å². The van der Waals surface area contributed by atoms with Gasteiger partial charge < -0.3 is 15.2 Å². The summed E-state index contributed by atoms with van der Waals surface area (Å²) in [5.41, 5.74) is 5.14. The van der Waals surface area contributed by atoms with Crippen LogP contribution in [0.3, 0.4) is 0 Å². The minimum absolute atomic E-state index is 0.0828. The predicted octanol–water partition coefficient (Wildman–Crippen LogP) is 0.466. The van der Waals surface area contributed by atoms with Crippen LogP contribution in [0.4, 0.5) is 0 Å². The predicted molar refractivity (Wildman–Crippen MR) is 59.9 cm³/mol. The first kappa shape index (κ1) is 12.4. The molecule has 4 atom stereocenters. The van der Waals surface area contributed by atoms with Gasteiger partial charge in [0.2, 0.25) is 0 Å². The number of esters is 2. The average Bonchev–Trinajstić information content (AvgIpc) is 2.93. The van der Waals surface area contributed by atoms with Gasteiger partial charge in [0.25, 0.3) is 0 Å². The molecule has 0 aromatic carbocycles. The lowest BCUT2D eigenvalue weighted by Crippen LogP contribution is -2.50. The van der Waals surface area contributed by atoms with Gasteiger partial charge in [-0.25, -0.2) is 0 Å². The number of carbonyl (C=O) groups excluding carboxylic acids is 2. The molecule has 0 heterocycles. The topological polar surface area (TPSA) is 78.6 Å². The largest absolute Gasteiger partial charge is 0.466 e. The van der Waals surface area contributed by atoms with E-state index in [2.05, 4.69) is 0 Å². The highest BCUT2D eigenvalue weighted by molar-refractivity contribution is 5.86. The average molecular weight is 241 g/mol. The third-order valence-corrected chi connectivity index (χ3v) is 3.87. The molecule has 5 nitrogen and oxygen atoms in total. The summed E-state index contributed by atoms with van der Waals surface area (Å²) in [5.74, 6) is -0.664. The molecule has 0 radical (unpaired) electrons. The Labute approximate surface area is 101 Å². The van der Waals surface area contributed by atoms with Crippen molar-refractivity contribution in [2.24, 2.45) is 23.5 Å². The summed E-state index contributed by atoms with van der Waals surface area (Å²) < 4.78 is 9.99. The zero-order chi connectivity index (χ0) is 12.6. The quantitative estimate of drug-likeness (QED) is 0.724. The van der Waals surface area contributed by atoms with Crippen molar-refractivity contribution in [3.63, 3.8) is 0 Å². The van der Waals surface area contributed by atoms with Gasteiger partial charge in [-0.05, 0) is 32.6 Å². The SMILES string of the molecule is CCOC(=O)[C@H]1[C@@H]2CC[C@@](N)(C(=O)OCC)[C@@H]21. The lowest BCUT2D eigenvalue weighted by Gasteiger charge is -2.24. The maximum absolute atomic E-state index is 11.8. The van der Waals surface area contributed by atoms with Crippen molar-refractivity contribution in [1.82, 2.24) is 0 Å². The summed E-state index contributed by atoms with van der Waals surface area (Å²) in [7, 11) is 0. The van der Waals surface area contributed by atoms with E-state index in [1.807, 2.05) is 0 Å². The molecule has 2 fully saturated rings. The Kier molecular flexibility index (Phi) is 3.12. The molecule has 0 aromatic rings. The van der Waals surface area contributed by atoms with E-state index in [0.29, 0.717) is 19.6 Å². The van der Waals surface area contributed by atoms with E-state index in [1.165, 1.54) is 0 Å². The third kappa shape index (κ3) is 1.82. The standard InChI is InChI=1S/C12H19NO4/c1-3-16-10(14)8-7-5-6-12(13,9(7)8)11(15)17-4-2/h7-9H,3-6,13H2,1-2H3/t7-,8-,9-,12-/m0/s1. The highest BCUT2D eigenvalue weighted by Gasteiger charge is 2.70. The third-order valence-electron chi connectivity index (χ3n) is 3.87. The van der Waals surface area contributed by atoms with Crippen molar-refractivity contribution in [2.45, 2.75) is 32.2 Å². The van der Waals surface area contributed by atoms with Crippen LogP contribution in [0.5, 0.6) is 0 Å². The number of nitrogens with two attached hydrogens (primary N) is 1. The Morgan fingerprint density at radius 1 is 1.29 bits per heavy atom. The molecule has 0 saturated heterocycles. The summed E-state index contributed by atoms with van der Waals surface area (Å²) in [6, 6.07) is 0. The van der Waals surface area contributed by atoms with Gasteiger partial charge in [0.05, 0.1) is 19.1 Å². The number of hydrogen-bond donors (Lipinski definition) is 1. The first-order valence-corrected chi connectivity index (χ1v) is 6.19. The molecule has 0 aliphatic heterocycles. The second-order valence-electron chi connectivity index (χ2n) is 4.77. The zero-order valence-corrected chi connectivity index (χ0v) is 10.3. The van der Waals surface area contributed by atoms with Crippen molar-refractivity contribution in [3.05, 3.63) is 0 Å². The second kappa shape index (κ2) is 4.29. The van der Waals surface area contributed by atoms with Gasteiger partial charge in [0, 0.05) is 5.92 Å². The smallest absolute Gasteiger partial charge is 0.326 e. The van der Waals surface area contributed by atoms with Crippen LogP contribution >= 0.6 is 0 Å². The fourth-order valence-electron chi connectivity index (χ4n) is 3.07. The molecule has 5 heteroatoms. The van der Waals surface area contributed by atoms with Crippen molar-refractivity contribution >= 4 is 11.9 Å². The lowest BCUT2D eigenvalue weighted by atomic mass is 9.91.